The normalized spacial score (nSPS) is 22.1. The predicted octanol–water partition coefficient (Wildman–Crippen LogP) is 3.23. The summed E-state index contributed by atoms with van der Waals surface area (Å²) in [5.41, 5.74) is 0.521. The van der Waals surface area contributed by atoms with Gasteiger partial charge in [0.15, 0.2) is 0 Å². The van der Waals surface area contributed by atoms with Crippen molar-refractivity contribution in [2.24, 2.45) is 0 Å². The number of rotatable bonds is 3. The molecule has 1 saturated heterocycles. The van der Waals surface area contributed by atoms with E-state index in [1.54, 1.807) is 6.07 Å². The number of carboxylic acid groups (broad SMARTS) is 1. The third-order valence-electron chi connectivity index (χ3n) is 4.07. The number of hydrogen-bond donors (Lipinski definition) is 1. The topological polar surface area (TPSA) is 57.6 Å². The summed E-state index contributed by atoms with van der Waals surface area (Å²) >= 11 is 3.40. The minimum Gasteiger partial charge on any atom is -0.479 e. The van der Waals surface area contributed by atoms with Crippen LogP contribution in [-0.4, -0.2) is 34.0 Å². The van der Waals surface area contributed by atoms with Crippen molar-refractivity contribution >= 4 is 27.8 Å². The van der Waals surface area contributed by atoms with Crippen molar-refractivity contribution < 1.29 is 14.7 Å². The van der Waals surface area contributed by atoms with Crippen LogP contribution in [0, 0.1) is 6.92 Å². The van der Waals surface area contributed by atoms with Gasteiger partial charge < -0.3 is 10.0 Å². The molecule has 0 aromatic heterocycles. The summed E-state index contributed by atoms with van der Waals surface area (Å²) in [5, 5.41) is 9.54. The summed E-state index contributed by atoms with van der Waals surface area (Å²) in [7, 11) is 0. The van der Waals surface area contributed by atoms with Crippen LogP contribution < -0.4 is 0 Å². The molecule has 1 atom stereocenters. The zero-order valence-electron chi connectivity index (χ0n) is 11.6. The number of hydrogen-bond acceptors (Lipinski definition) is 2. The molecular formula is C15H18BrNO3. The molecule has 1 heterocycles. The molecule has 20 heavy (non-hydrogen) atoms. The first-order valence-electron chi connectivity index (χ1n) is 6.74. The van der Waals surface area contributed by atoms with Gasteiger partial charge >= 0.3 is 5.97 Å². The van der Waals surface area contributed by atoms with Crippen molar-refractivity contribution in [2.45, 2.75) is 38.6 Å². The molecular weight excluding hydrogens is 322 g/mol. The molecule has 1 aliphatic rings. The molecule has 4 nitrogen and oxygen atoms in total. The fraction of sp³-hybridized carbons (Fsp3) is 0.467. The molecule has 1 unspecified atom stereocenters. The Kier molecular flexibility index (Phi) is 4.18. The number of benzene rings is 1. The van der Waals surface area contributed by atoms with E-state index in [9.17, 15) is 14.7 Å². The highest BCUT2D eigenvalue weighted by Gasteiger charge is 2.48. The molecule has 0 aliphatic carbocycles. The predicted molar refractivity (Wildman–Crippen MR) is 79.8 cm³/mol. The third-order valence-corrected chi connectivity index (χ3v) is 4.73. The number of amides is 1. The molecule has 1 N–H and O–H groups in total. The molecule has 5 heteroatoms. The van der Waals surface area contributed by atoms with Gasteiger partial charge in [0, 0.05) is 11.0 Å². The van der Waals surface area contributed by atoms with Gasteiger partial charge in [-0.05, 0) is 59.8 Å². The SMILES string of the molecule is CCC1(C(=O)O)CCCN1C(=O)c1ccc(C)cc1Br. The van der Waals surface area contributed by atoms with Crippen molar-refractivity contribution in [3.8, 4) is 0 Å². The number of aliphatic carboxylic acids is 1. The van der Waals surface area contributed by atoms with Gasteiger partial charge in [0.05, 0.1) is 5.56 Å². The van der Waals surface area contributed by atoms with Crippen molar-refractivity contribution in [3.63, 3.8) is 0 Å². The third kappa shape index (κ3) is 2.35. The molecule has 1 aromatic carbocycles. The minimum atomic E-state index is -1.05. The Morgan fingerprint density at radius 1 is 1.45 bits per heavy atom. The van der Waals surface area contributed by atoms with Crippen molar-refractivity contribution in [3.05, 3.63) is 33.8 Å². The average molecular weight is 340 g/mol. The lowest BCUT2D eigenvalue weighted by Gasteiger charge is -2.34. The first kappa shape index (κ1) is 15.0. The van der Waals surface area contributed by atoms with Crippen molar-refractivity contribution in [2.75, 3.05) is 6.54 Å². The van der Waals surface area contributed by atoms with Gasteiger partial charge in [-0.2, -0.15) is 0 Å². The maximum absolute atomic E-state index is 12.7. The van der Waals surface area contributed by atoms with Crippen LogP contribution in [0.3, 0.4) is 0 Å². The minimum absolute atomic E-state index is 0.210. The van der Waals surface area contributed by atoms with E-state index in [4.69, 9.17) is 0 Å². The lowest BCUT2D eigenvalue weighted by molar-refractivity contribution is -0.148. The highest BCUT2D eigenvalue weighted by Crippen LogP contribution is 2.35. The van der Waals surface area contributed by atoms with E-state index in [1.807, 2.05) is 26.0 Å². The molecule has 2 rings (SSSR count). The van der Waals surface area contributed by atoms with Crippen LogP contribution in [-0.2, 0) is 4.79 Å². The molecule has 0 saturated carbocycles. The van der Waals surface area contributed by atoms with Crippen molar-refractivity contribution in [1.29, 1.82) is 0 Å². The monoisotopic (exact) mass is 339 g/mol. The Labute approximate surface area is 126 Å². The maximum atomic E-state index is 12.7. The smallest absolute Gasteiger partial charge is 0.329 e. The molecule has 1 amide bonds. The lowest BCUT2D eigenvalue weighted by atomic mass is 9.92. The van der Waals surface area contributed by atoms with Crippen LogP contribution in [0.2, 0.25) is 0 Å². The van der Waals surface area contributed by atoms with Gasteiger partial charge in [-0.25, -0.2) is 4.79 Å². The molecule has 0 radical (unpaired) electrons. The summed E-state index contributed by atoms with van der Waals surface area (Å²) in [6, 6.07) is 5.49. The lowest BCUT2D eigenvalue weighted by Crippen LogP contribution is -2.52. The number of likely N-dealkylation sites (tertiary alicyclic amines) is 1. The summed E-state index contributed by atoms with van der Waals surface area (Å²) in [6.45, 7) is 4.27. The molecule has 1 aromatic rings. The summed E-state index contributed by atoms with van der Waals surface area (Å²) in [4.78, 5) is 25.8. The van der Waals surface area contributed by atoms with E-state index >= 15 is 0 Å². The number of carbonyl (C=O) groups is 2. The Bertz CT molecular complexity index is 558. The second-order valence-electron chi connectivity index (χ2n) is 5.23. The molecule has 0 bridgehead atoms. The summed E-state index contributed by atoms with van der Waals surface area (Å²) < 4.78 is 0.713. The van der Waals surface area contributed by atoms with Gasteiger partial charge in [0.2, 0.25) is 0 Å². The number of aryl methyl sites for hydroxylation is 1. The number of halogens is 1. The first-order chi connectivity index (χ1) is 9.42. The fourth-order valence-electron chi connectivity index (χ4n) is 2.85. The van der Waals surface area contributed by atoms with E-state index < -0.39 is 11.5 Å². The second-order valence-corrected chi connectivity index (χ2v) is 6.09. The highest BCUT2D eigenvalue weighted by molar-refractivity contribution is 9.10. The molecule has 1 fully saturated rings. The van der Waals surface area contributed by atoms with Crippen LogP contribution in [0.5, 0.6) is 0 Å². The number of carboxylic acids is 1. The highest BCUT2D eigenvalue weighted by atomic mass is 79.9. The van der Waals surface area contributed by atoms with E-state index in [2.05, 4.69) is 15.9 Å². The van der Waals surface area contributed by atoms with Crippen LogP contribution in [0.1, 0.15) is 42.1 Å². The second kappa shape index (κ2) is 5.56. The number of nitrogens with zero attached hydrogens (tertiary/aromatic N) is 1. The fourth-order valence-corrected chi connectivity index (χ4v) is 3.52. The van der Waals surface area contributed by atoms with Gasteiger partial charge in [-0.1, -0.05) is 13.0 Å². The van der Waals surface area contributed by atoms with E-state index in [0.717, 1.165) is 12.0 Å². The first-order valence-corrected chi connectivity index (χ1v) is 7.53. The van der Waals surface area contributed by atoms with Gasteiger partial charge in [0.1, 0.15) is 5.54 Å². The molecule has 0 spiro atoms. The Morgan fingerprint density at radius 3 is 2.70 bits per heavy atom. The van der Waals surface area contributed by atoms with Crippen LogP contribution >= 0.6 is 15.9 Å². The van der Waals surface area contributed by atoms with E-state index in [-0.39, 0.29) is 5.91 Å². The van der Waals surface area contributed by atoms with Gasteiger partial charge in [-0.15, -0.1) is 0 Å². The zero-order chi connectivity index (χ0) is 14.9. The quantitative estimate of drug-likeness (QED) is 0.919. The maximum Gasteiger partial charge on any atom is 0.329 e. The van der Waals surface area contributed by atoms with E-state index in [0.29, 0.717) is 29.4 Å². The standard InChI is InChI=1S/C15H18BrNO3/c1-3-15(14(19)20)7-4-8-17(15)13(18)11-6-5-10(2)9-12(11)16/h5-6,9H,3-4,7-8H2,1-2H3,(H,19,20). The average Bonchev–Trinajstić information content (AvgIpc) is 2.83. The summed E-state index contributed by atoms with van der Waals surface area (Å²) in [5.74, 6) is -1.12. The van der Waals surface area contributed by atoms with Crippen LogP contribution in [0.15, 0.2) is 22.7 Å². The van der Waals surface area contributed by atoms with Crippen molar-refractivity contribution in [1.82, 2.24) is 4.90 Å². The zero-order valence-corrected chi connectivity index (χ0v) is 13.2. The molecule has 108 valence electrons. The van der Waals surface area contributed by atoms with Crippen LogP contribution in [0.4, 0.5) is 0 Å². The molecule has 1 aliphatic heterocycles. The Morgan fingerprint density at radius 2 is 2.15 bits per heavy atom. The number of carbonyl (C=O) groups excluding carboxylic acids is 1. The van der Waals surface area contributed by atoms with Crippen LogP contribution in [0.25, 0.3) is 0 Å². The van der Waals surface area contributed by atoms with E-state index in [1.165, 1.54) is 4.90 Å². The van der Waals surface area contributed by atoms with Gasteiger partial charge in [0.25, 0.3) is 5.91 Å². The Hall–Kier alpha value is -1.36. The van der Waals surface area contributed by atoms with Gasteiger partial charge in [-0.3, -0.25) is 4.79 Å². The largest absolute Gasteiger partial charge is 0.479 e. The Balaban J connectivity index is 2.39. The summed E-state index contributed by atoms with van der Waals surface area (Å²) in [6.07, 6.45) is 1.68.